The molecule has 30 heavy (non-hydrogen) atoms. The highest BCUT2D eigenvalue weighted by Crippen LogP contribution is 2.34. The van der Waals surface area contributed by atoms with Crippen LogP contribution in [0.3, 0.4) is 0 Å². The number of aromatic hydroxyl groups is 1. The van der Waals surface area contributed by atoms with E-state index >= 15 is 0 Å². The Morgan fingerprint density at radius 3 is 2.63 bits per heavy atom. The highest BCUT2D eigenvalue weighted by molar-refractivity contribution is 5.90. The van der Waals surface area contributed by atoms with Crippen molar-refractivity contribution in [1.82, 2.24) is 24.3 Å². The minimum Gasteiger partial charge on any atom is -0.494 e. The summed E-state index contributed by atoms with van der Waals surface area (Å²) in [4.78, 5) is 8.52. The Kier molecular flexibility index (Phi) is 4.84. The van der Waals surface area contributed by atoms with Gasteiger partial charge in [-0.25, -0.2) is 4.98 Å². The van der Waals surface area contributed by atoms with E-state index in [0.29, 0.717) is 34.4 Å². The molecule has 0 radical (unpaired) electrons. The molecule has 0 aliphatic rings. The van der Waals surface area contributed by atoms with Crippen LogP contribution in [-0.2, 0) is 6.54 Å². The molecule has 156 valence electrons. The van der Waals surface area contributed by atoms with Gasteiger partial charge in [0.15, 0.2) is 6.61 Å². The Balaban J connectivity index is 1.73. The minimum atomic E-state index is -4.43. The molecule has 4 rings (SSSR count). The number of aryl methyl sites for hydroxylation is 2. The second kappa shape index (κ2) is 7.36. The molecule has 10 heteroatoms. The number of rotatable bonds is 5. The number of hydrogen-bond acceptors (Lipinski definition) is 5. The molecular weight excluding hydrogens is 399 g/mol. The molecule has 0 saturated carbocycles. The Hall–Kier alpha value is -3.56. The fourth-order valence-electron chi connectivity index (χ4n) is 3.18. The maximum atomic E-state index is 12.4. The molecule has 0 unspecified atom stereocenters. The molecule has 0 saturated heterocycles. The van der Waals surface area contributed by atoms with Gasteiger partial charge in [0.25, 0.3) is 0 Å². The highest BCUT2D eigenvalue weighted by Gasteiger charge is 2.28. The maximum Gasteiger partial charge on any atom is 0.422 e. The van der Waals surface area contributed by atoms with Crippen molar-refractivity contribution in [2.24, 2.45) is 0 Å². The Labute approximate surface area is 169 Å². The summed E-state index contributed by atoms with van der Waals surface area (Å²) in [6.07, 6.45) is 3.42. The number of hydrogen-bond donors (Lipinski definition) is 1. The predicted octanol–water partition coefficient (Wildman–Crippen LogP) is 4.26. The summed E-state index contributed by atoms with van der Waals surface area (Å²) in [5.41, 5.74) is 3.00. The number of fused-ring (bicyclic) bond motifs is 1. The Morgan fingerprint density at radius 1 is 1.13 bits per heavy atom. The van der Waals surface area contributed by atoms with E-state index in [1.165, 1.54) is 18.5 Å². The van der Waals surface area contributed by atoms with Crippen molar-refractivity contribution >= 4 is 10.9 Å². The highest BCUT2D eigenvalue weighted by atomic mass is 19.4. The van der Waals surface area contributed by atoms with Crippen LogP contribution in [0, 0.1) is 6.92 Å². The van der Waals surface area contributed by atoms with Gasteiger partial charge in [0.05, 0.1) is 34.7 Å². The van der Waals surface area contributed by atoms with Crippen LogP contribution < -0.4 is 4.74 Å². The third-order valence-corrected chi connectivity index (χ3v) is 4.58. The molecule has 0 spiro atoms. The van der Waals surface area contributed by atoms with Gasteiger partial charge in [-0.05, 0) is 31.5 Å². The van der Waals surface area contributed by atoms with E-state index in [1.807, 2.05) is 13.8 Å². The number of nitrogens with zero attached hydrogens (tertiary/aromatic N) is 5. The normalized spacial score (nSPS) is 11.9. The van der Waals surface area contributed by atoms with E-state index in [4.69, 9.17) is 4.74 Å². The first-order valence-electron chi connectivity index (χ1n) is 9.14. The minimum absolute atomic E-state index is 0.00299. The lowest BCUT2D eigenvalue weighted by Crippen LogP contribution is -2.19. The molecule has 0 atom stereocenters. The fourth-order valence-corrected chi connectivity index (χ4v) is 3.18. The van der Waals surface area contributed by atoms with Crippen molar-refractivity contribution in [3.05, 3.63) is 48.7 Å². The van der Waals surface area contributed by atoms with Gasteiger partial charge in [0, 0.05) is 30.7 Å². The van der Waals surface area contributed by atoms with Crippen molar-refractivity contribution in [2.75, 3.05) is 6.61 Å². The molecule has 0 fully saturated rings. The molecule has 1 N–H and O–H groups in total. The van der Waals surface area contributed by atoms with Gasteiger partial charge in [-0.2, -0.15) is 18.3 Å². The number of alkyl halides is 3. The van der Waals surface area contributed by atoms with E-state index in [1.54, 1.807) is 33.9 Å². The predicted molar refractivity (Wildman–Crippen MR) is 104 cm³/mol. The average molecular weight is 417 g/mol. The summed E-state index contributed by atoms with van der Waals surface area (Å²) < 4.78 is 45.3. The Morgan fingerprint density at radius 2 is 1.93 bits per heavy atom. The van der Waals surface area contributed by atoms with Crippen LogP contribution in [0.1, 0.15) is 12.5 Å². The van der Waals surface area contributed by atoms with E-state index in [9.17, 15) is 18.3 Å². The number of pyridine rings is 2. The van der Waals surface area contributed by atoms with E-state index < -0.39 is 12.8 Å². The summed E-state index contributed by atoms with van der Waals surface area (Å²) in [6, 6.07) is 3.20. The van der Waals surface area contributed by atoms with Gasteiger partial charge in [0.2, 0.25) is 5.88 Å². The summed E-state index contributed by atoms with van der Waals surface area (Å²) in [6.45, 7) is 3.08. The monoisotopic (exact) mass is 417 g/mol. The lowest BCUT2D eigenvalue weighted by atomic mass is 10.1. The molecule has 7 nitrogen and oxygen atoms in total. The molecule has 0 amide bonds. The van der Waals surface area contributed by atoms with Crippen LogP contribution in [0.25, 0.3) is 27.8 Å². The van der Waals surface area contributed by atoms with Gasteiger partial charge >= 0.3 is 6.18 Å². The van der Waals surface area contributed by atoms with Crippen LogP contribution >= 0.6 is 0 Å². The van der Waals surface area contributed by atoms with Crippen molar-refractivity contribution in [3.63, 3.8) is 0 Å². The fraction of sp³-hybridized carbons (Fsp3) is 0.250. The first-order chi connectivity index (χ1) is 14.2. The maximum absolute atomic E-state index is 12.4. The van der Waals surface area contributed by atoms with E-state index in [0.717, 1.165) is 5.56 Å². The average Bonchev–Trinajstić information content (AvgIpc) is 3.30. The molecule has 4 heterocycles. The number of halogens is 3. The van der Waals surface area contributed by atoms with Gasteiger partial charge in [0.1, 0.15) is 5.75 Å². The van der Waals surface area contributed by atoms with E-state index in [-0.39, 0.29) is 11.6 Å². The van der Waals surface area contributed by atoms with Crippen LogP contribution in [-0.4, -0.2) is 42.2 Å². The lowest BCUT2D eigenvalue weighted by molar-refractivity contribution is -0.153. The quantitative estimate of drug-likeness (QED) is 0.525. The largest absolute Gasteiger partial charge is 0.494 e. The molecule has 0 aliphatic heterocycles. The SMILES string of the molecule is CCn1cc(-n2cc3nc(-c4cncc(OCC(F)(F)F)c4)cc(C)c3c2O)cn1. The molecule has 0 bridgehead atoms. The molecule has 4 aromatic rings. The zero-order valence-corrected chi connectivity index (χ0v) is 16.2. The van der Waals surface area contributed by atoms with Gasteiger partial charge in [-0.1, -0.05) is 0 Å². The van der Waals surface area contributed by atoms with Crippen LogP contribution in [0.5, 0.6) is 11.6 Å². The second-order valence-electron chi connectivity index (χ2n) is 6.77. The van der Waals surface area contributed by atoms with Crippen LogP contribution in [0.4, 0.5) is 13.2 Å². The zero-order chi connectivity index (χ0) is 21.5. The molecular formula is C20H18F3N5O2. The van der Waals surface area contributed by atoms with Gasteiger partial charge in [-0.3, -0.25) is 14.2 Å². The molecule has 0 aliphatic carbocycles. The smallest absolute Gasteiger partial charge is 0.422 e. The summed E-state index contributed by atoms with van der Waals surface area (Å²) in [5.74, 6) is 0.0364. The molecule has 4 aromatic heterocycles. The topological polar surface area (TPSA) is 78.0 Å². The lowest BCUT2D eigenvalue weighted by Gasteiger charge is -2.10. The van der Waals surface area contributed by atoms with Crippen molar-refractivity contribution in [3.8, 4) is 28.6 Å². The third kappa shape index (κ3) is 3.80. The summed E-state index contributed by atoms with van der Waals surface area (Å²) >= 11 is 0. The third-order valence-electron chi connectivity index (χ3n) is 4.58. The summed E-state index contributed by atoms with van der Waals surface area (Å²) in [7, 11) is 0. The zero-order valence-electron chi connectivity index (χ0n) is 16.2. The Bertz CT molecular complexity index is 1210. The van der Waals surface area contributed by atoms with Crippen LogP contribution in [0.2, 0.25) is 0 Å². The van der Waals surface area contributed by atoms with Gasteiger partial charge < -0.3 is 9.84 Å². The van der Waals surface area contributed by atoms with Crippen LogP contribution in [0.15, 0.2) is 43.1 Å². The van der Waals surface area contributed by atoms with Gasteiger partial charge in [-0.15, -0.1) is 0 Å². The standard InChI is InChI=1S/C20H18F3N5O2/c1-3-27-9-14(7-25-27)28-10-17-18(19(28)29)12(2)4-16(26-17)13-5-15(8-24-6-13)30-11-20(21,22)23/h4-10,29H,3,11H2,1-2H3. The first-order valence-corrected chi connectivity index (χ1v) is 9.14. The van der Waals surface area contributed by atoms with Crippen molar-refractivity contribution in [1.29, 1.82) is 0 Å². The molecule has 0 aromatic carbocycles. The van der Waals surface area contributed by atoms with E-state index in [2.05, 4.69) is 15.1 Å². The van der Waals surface area contributed by atoms with Crippen molar-refractivity contribution < 1.29 is 23.0 Å². The first kappa shape index (κ1) is 19.7. The number of ether oxygens (including phenoxy) is 1. The van der Waals surface area contributed by atoms with Crippen molar-refractivity contribution in [2.45, 2.75) is 26.6 Å². The second-order valence-corrected chi connectivity index (χ2v) is 6.77. The number of aromatic nitrogens is 5. The summed E-state index contributed by atoms with van der Waals surface area (Å²) in [5, 5.41) is 15.5.